The van der Waals surface area contributed by atoms with E-state index in [0.29, 0.717) is 19.5 Å². The molecule has 2 aromatic rings. The number of carbonyl (C=O) groups is 1. The van der Waals surface area contributed by atoms with Gasteiger partial charge in [-0.2, -0.15) is 5.10 Å². The van der Waals surface area contributed by atoms with E-state index in [2.05, 4.69) is 15.7 Å². The molecule has 0 spiro atoms. The van der Waals surface area contributed by atoms with E-state index < -0.39 is 0 Å². The third-order valence-corrected chi connectivity index (χ3v) is 4.02. The molecule has 0 saturated carbocycles. The van der Waals surface area contributed by atoms with Crippen LogP contribution in [0.15, 0.2) is 36.5 Å². The molecule has 1 aromatic carbocycles. The number of nitrogens with zero attached hydrogens (tertiary/aromatic N) is 2. The number of aryl methyl sites for hydroxylation is 2. The molecule has 0 aliphatic heterocycles. The van der Waals surface area contributed by atoms with E-state index in [0.717, 1.165) is 23.2 Å². The third-order valence-electron chi connectivity index (χ3n) is 4.02. The Bertz CT molecular complexity index is 640. The van der Waals surface area contributed by atoms with Gasteiger partial charge in [-0.1, -0.05) is 37.3 Å². The van der Waals surface area contributed by atoms with Crippen molar-refractivity contribution >= 4 is 6.03 Å². The molecule has 0 aliphatic carbocycles. The van der Waals surface area contributed by atoms with Crippen molar-refractivity contribution in [2.45, 2.75) is 32.2 Å². The van der Waals surface area contributed by atoms with Gasteiger partial charge in [-0.25, -0.2) is 4.79 Å². The number of benzene rings is 1. The van der Waals surface area contributed by atoms with Gasteiger partial charge in [0.25, 0.3) is 0 Å². The number of urea groups is 1. The van der Waals surface area contributed by atoms with Crippen LogP contribution in [0, 0.1) is 0 Å². The monoisotopic (exact) mass is 330 g/mol. The average molecular weight is 330 g/mol. The van der Waals surface area contributed by atoms with Crippen molar-refractivity contribution in [1.82, 2.24) is 20.4 Å². The molecule has 0 saturated heterocycles. The highest BCUT2D eigenvalue weighted by Gasteiger charge is 2.13. The number of hydrogen-bond donors (Lipinski definition) is 3. The number of aromatic nitrogens is 2. The Balaban J connectivity index is 1.85. The van der Waals surface area contributed by atoms with Crippen molar-refractivity contribution in [3.63, 3.8) is 0 Å². The lowest BCUT2D eigenvalue weighted by molar-refractivity contribution is 0.237. The minimum atomic E-state index is -0.209. The van der Waals surface area contributed by atoms with Crippen LogP contribution in [0.3, 0.4) is 0 Å². The number of amides is 2. The molecular weight excluding hydrogens is 304 g/mol. The molecule has 6 nitrogen and oxygen atoms in total. The Hall–Kier alpha value is -2.34. The van der Waals surface area contributed by atoms with Gasteiger partial charge in [-0.15, -0.1) is 0 Å². The Labute approximate surface area is 142 Å². The summed E-state index contributed by atoms with van der Waals surface area (Å²) >= 11 is 0. The van der Waals surface area contributed by atoms with Gasteiger partial charge < -0.3 is 15.7 Å². The van der Waals surface area contributed by atoms with Crippen molar-refractivity contribution in [3.8, 4) is 0 Å². The summed E-state index contributed by atoms with van der Waals surface area (Å²) in [6.45, 7) is 3.09. The van der Waals surface area contributed by atoms with Crippen LogP contribution in [0.2, 0.25) is 0 Å². The summed E-state index contributed by atoms with van der Waals surface area (Å²) in [5, 5.41) is 19.4. The molecule has 1 atom stereocenters. The summed E-state index contributed by atoms with van der Waals surface area (Å²) in [7, 11) is 1.88. The van der Waals surface area contributed by atoms with E-state index in [1.165, 1.54) is 0 Å². The van der Waals surface area contributed by atoms with Gasteiger partial charge in [-0.05, 0) is 18.4 Å². The Morgan fingerprint density at radius 2 is 2.04 bits per heavy atom. The molecule has 1 unspecified atom stereocenters. The maximum absolute atomic E-state index is 12.1. The van der Waals surface area contributed by atoms with Gasteiger partial charge in [0.1, 0.15) is 0 Å². The summed E-state index contributed by atoms with van der Waals surface area (Å²) in [6, 6.07) is 9.72. The minimum Gasteiger partial charge on any atom is -0.396 e. The maximum Gasteiger partial charge on any atom is 0.315 e. The largest absolute Gasteiger partial charge is 0.396 e. The molecule has 1 aromatic heterocycles. The van der Waals surface area contributed by atoms with Crippen LogP contribution < -0.4 is 10.6 Å². The van der Waals surface area contributed by atoms with Crippen molar-refractivity contribution in [2.24, 2.45) is 7.05 Å². The Morgan fingerprint density at radius 3 is 2.71 bits per heavy atom. The van der Waals surface area contributed by atoms with Crippen molar-refractivity contribution < 1.29 is 9.90 Å². The first-order valence-corrected chi connectivity index (χ1v) is 8.33. The quantitative estimate of drug-likeness (QED) is 0.692. The van der Waals surface area contributed by atoms with Gasteiger partial charge in [-0.3, -0.25) is 4.68 Å². The zero-order chi connectivity index (χ0) is 17.4. The van der Waals surface area contributed by atoms with Crippen LogP contribution in [-0.2, 0) is 20.0 Å². The van der Waals surface area contributed by atoms with Crippen molar-refractivity contribution in [2.75, 3.05) is 13.2 Å². The second-order valence-electron chi connectivity index (χ2n) is 5.81. The maximum atomic E-state index is 12.1. The molecule has 3 N–H and O–H groups in total. The van der Waals surface area contributed by atoms with Crippen LogP contribution in [0.1, 0.15) is 36.1 Å². The summed E-state index contributed by atoms with van der Waals surface area (Å²) < 4.78 is 1.76. The molecule has 6 heteroatoms. The fraction of sp³-hybridized carbons (Fsp3) is 0.444. The molecule has 0 bridgehead atoms. The Kier molecular flexibility index (Phi) is 6.81. The molecule has 0 radical (unpaired) electrons. The fourth-order valence-corrected chi connectivity index (χ4v) is 2.75. The highest BCUT2D eigenvalue weighted by Crippen LogP contribution is 2.18. The highest BCUT2D eigenvalue weighted by atomic mass is 16.3. The first kappa shape index (κ1) is 18.0. The lowest BCUT2D eigenvalue weighted by atomic mass is 9.96. The van der Waals surface area contributed by atoms with Crippen LogP contribution in [0.25, 0.3) is 0 Å². The van der Waals surface area contributed by atoms with E-state index in [-0.39, 0.29) is 18.6 Å². The van der Waals surface area contributed by atoms with E-state index in [1.807, 2.05) is 50.5 Å². The lowest BCUT2D eigenvalue weighted by Crippen LogP contribution is -2.37. The fourth-order valence-electron chi connectivity index (χ4n) is 2.75. The van der Waals surface area contributed by atoms with Crippen LogP contribution >= 0.6 is 0 Å². The molecule has 2 rings (SSSR count). The number of rotatable bonds is 8. The topological polar surface area (TPSA) is 79.2 Å². The minimum absolute atomic E-state index is 0.0956. The first-order chi connectivity index (χ1) is 11.6. The van der Waals surface area contributed by atoms with E-state index in [4.69, 9.17) is 0 Å². The smallest absolute Gasteiger partial charge is 0.315 e. The second kappa shape index (κ2) is 9.08. The van der Waals surface area contributed by atoms with Gasteiger partial charge in [0.05, 0.1) is 5.69 Å². The summed E-state index contributed by atoms with van der Waals surface area (Å²) in [5.74, 6) is 0.103. The predicted molar refractivity (Wildman–Crippen MR) is 93.7 cm³/mol. The molecule has 0 aliphatic rings. The van der Waals surface area contributed by atoms with Crippen LogP contribution in [0.4, 0.5) is 4.79 Å². The molecule has 2 amide bonds. The first-order valence-electron chi connectivity index (χ1n) is 8.33. The highest BCUT2D eigenvalue weighted by molar-refractivity contribution is 5.73. The van der Waals surface area contributed by atoms with Gasteiger partial charge in [0.15, 0.2) is 0 Å². The molecule has 24 heavy (non-hydrogen) atoms. The van der Waals surface area contributed by atoms with Crippen molar-refractivity contribution in [1.29, 1.82) is 0 Å². The normalized spacial score (nSPS) is 12.0. The zero-order valence-corrected chi connectivity index (χ0v) is 14.3. The summed E-state index contributed by atoms with van der Waals surface area (Å²) in [4.78, 5) is 12.1. The van der Waals surface area contributed by atoms with Crippen LogP contribution in [0.5, 0.6) is 0 Å². The van der Waals surface area contributed by atoms with Crippen LogP contribution in [-0.4, -0.2) is 34.1 Å². The van der Waals surface area contributed by atoms with E-state index in [1.54, 1.807) is 4.68 Å². The molecular formula is C18H26N4O2. The van der Waals surface area contributed by atoms with E-state index in [9.17, 15) is 9.90 Å². The third kappa shape index (κ3) is 5.09. The molecule has 130 valence electrons. The number of carbonyl (C=O) groups excluding carboxylic acids is 1. The molecule has 1 heterocycles. The summed E-state index contributed by atoms with van der Waals surface area (Å²) in [5.41, 5.74) is 3.15. The predicted octanol–water partition coefficient (Wildman–Crippen LogP) is 1.95. The van der Waals surface area contributed by atoms with Gasteiger partial charge in [0, 0.05) is 44.4 Å². The SMILES string of the molecule is CCc1nn(C)cc1CNC(=O)NCC(CCO)c1ccccc1. The average Bonchev–Trinajstić information content (AvgIpc) is 2.97. The van der Waals surface area contributed by atoms with E-state index >= 15 is 0 Å². The number of aliphatic hydroxyl groups is 1. The van der Waals surface area contributed by atoms with Gasteiger partial charge in [0.2, 0.25) is 0 Å². The number of nitrogens with one attached hydrogen (secondary N) is 2. The van der Waals surface area contributed by atoms with Gasteiger partial charge >= 0.3 is 6.03 Å². The lowest BCUT2D eigenvalue weighted by Gasteiger charge is -2.17. The Morgan fingerprint density at radius 1 is 1.29 bits per heavy atom. The number of aliphatic hydroxyl groups excluding tert-OH is 1. The van der Waals surface area contributed by atoms with Crippen molar-refractivity contribution in [3.05, 3.63) is 53.3 Å². The molecule has 0 fully saturated rings. The zero-order valence-electron chi connectivity index (χ0n) is 14.3. The standard InChI is InChI=1S/C18H26N4O2/c1-3-17-16(13-22(2)21-17)12-20-18(24)19-11-15(9-10-23)14-7-5-4-6-8-14/h4-8,13,15,23H,3,9-12H2,1-2H3,(H2,19,20,24). The number of hydrogen-bond acceptors (Lipinski definition) is 3. The summed E-state index contributed by atoms with van der Waals surface area (Å²) in [6.07, 6.45) is 3.39. The second-order valence-corrected chi connectivity index (χ2v) is 5.81.